The summed E-state index contributed by atoms with van der Waals surface area (Å²) in [4.78, 5) is 12.3. The molecule has 0 fully saturated rings. The van der Waals surface area contributed by atoms with Crippen molar-refractivity contribution in [2.45, 2.75) is 0 Å². The van der Waals surface area contributed by atoms with E-state index >= 15 is 0 Å². The lowest BCUT2D eigenvalue weighted by Gasteiger charge is -1.99. The van der Waals surface area contributed by atoms with Gasteiger partial charge in [-0.3, -0.25) is 4.57 Å². The maximum absolute atomic E-state index is 4.56. The Morgan fingerprint density at radius 2 is 2.19 bits per heavy atom. The summed E-state index contributed by atoms with van der Waals surface area (Å²) in [7, 11) is 0. The Bertz CT molecular complexity index is 763. The summed E-state index contributed by atoms with van der Waals surface area (Å²) in [6.45, 7) is 0. The van der Waals surface area contributed by atoms with Crippen molar-refractivity contribution in [3.05, 3.63) is 24.3 Å². The van der Waals surface area contributed by atoms with Crippen LogP contribution in [0.2, 0.25) is 0 Å². The van der Waals surface area contributed by atoms with Crippen LogP contribution in [0, 0.1) is 0 Å². The number of fused-ring (bicyclic) bond motifs is 5. The van der Waals surface area contributed by atoms with E-state index in [1.807, 2.05) is 16.4 Å². The molecule has 1 aliphatic heterocycles. The average Bonchev–Trinajstić information content (AvgIpc) is 2.85. The van der Waals surface area contributed by atoms with Crippen molar-refractivity contribution in [1.29, 1.82) is 0 Å². The van der Waals surface area contributed by atoms with Crippen LogP contribution in [0.3, 0.4) is 0 Å². The van der Waals surface area contributed by atoms with E-state index in [4.69, 9.17) is 0 Å². The van der Waals surface area contributed by atoms with Gasteiger partial charge in [-0.1, -0.05) is 38.9 Å². The molecule has 4 nitrogen and oxygen atoms in total. The van der Waals surface area contributed by atoms with E-state index in [1.54, 1.807) is 0 Å². The minimum Gasteiger partial charge on any atom is -0.339 e. The molecule has 1 N–H and O–H groups in total. The first-order valence-electron chi connectivity index (χ1n) is 4.90. The van der Waals surface area contributed by atoms with Crippen molar-refractivity contribution in [3.63, 3.8) is 0 Å². The minimum absolute atomic E-state index is 0.0667. The molecule has 0 amide bonds. The number of H-pyrrole nitrogens is 1. The standard InChI is InChI=1S/C11H7IN4/c1-2-4-8-7(3-1)9-10(14-8)16-6-12-5-13-11(16)15-9/h1-6,14H. The number of hydrogen-bond acceptors (Lipinski definition) is 2. The van der Waals surface area contributed by atoms with E-state index in [9.17, 15) is 0 Å². The minimum atomic E-state index is -0.0667. The summed E-state index contributed by atoms with van der Waals surface area (Å²) >= 11 is -0.0667. The first kappa shape index (κ1) is 8.63. The van der Waals surface area contributed by atoms with E-state index in [2.05, 4.69) is 35.8 Å². The fourth-order valence-corrected chi connectivity index (χ4v) is 3.39. The highest BCUT2D eigenvalue weighted by atomic mass is 127. The average molecular weight is 322 g/mol. The molecule has 3 aromatic rings. The number of aromatic nitrogens is 3. The van der Waals surface area contributed by atoms with Crippen LogP contribution in [0.4, 0.5) is 5.95 Å². The van der Waals surface area contributed by atoms with Gasteiger partial charge >= 0.3 is 0 Å². The maximum Gasteiger partial charge on any atom is 0.236 e. The van der Waals surface area contributed by atoms with Gasteiger partial charge in [-0.05, 0) is 6.07 Å². The normalized spacial score (nSPS) is 14.2. The van der Waals surface area contributed by atoms with Crippen LogP contribution in [0.15, 0.2) is 29.3 Å². The quantitative estimate of drug-likeness (QED) is 0.636. The van der Waals surface area contributed by atoms with Gasteiger partial charge in [0.15, 0.2) is 0 Å². The van der Waals surface area contributed by atoms with Crippen molar-refractivity contribution in [3.8, 4) is 0 Å². The van der Waals surface area contributed by atoms with Crippen molar-refractivity contribution in [1.82, 2.24) is 14.5 Å². The summed E-state index contributed by atoms with van der Waals surface area (Å²) in [6, 6.07) is 8.23. The van der Waals surface area contributed by atoms with Gasteiger partial charge in [0.1, 0.15) is 11.2 Å². The predicted molar refractivity (Wildman–Crippen MR) is 75.2 cm³/mol. The summed E-state index contributed by atoms with van der Waals surface area (Å²) < 4.78 is 6.26. The highest BCUT2D eigenvalue weighted by molar-refractivity contribution is 14.2. The van der Waals surface area contributed by atoms with Crippen molar-refractivity contribution >= 4 is 57.1 Å². The number of nitrogens with one attached hydrogen (secondary N) is 1. The van der Waals surface area contributed by atoms with E-state index in [0.29, 0.717) is 0 Å². The number of benzene rings is 1. The lowest BCUT2D eigenvalue weighted by molar-refractivity contribution is 1.16. The number of nitrogens with zero attached hydrogens (tertiary/aromatic N) is 3. The molecule has 1 aliphatic rings. The molecule has 0 saturated heterocycles. The van der Waals surface area contributed by atoms with Crippen molar-refractivity contribution < 1.29 is 0 Å². The molecule has 1 aromatic carbocycles. The van der Waals surface area contributed by atoms with E-state index in [-0.39, 0.29) is 20.7 Å². The SMILES string of the molecule is C1=Nc2nc3c4ccccc4[nH]c3n2C=I1. The van der Waals surface area contributed by atoms with E-state index in [0.717, 1.165) is 22.6 Å². The molecular formula is C11H7IN4. The zero-order valence-electron chi connectivity index (χ0n) is 8.18. The highest BCUT2D eigenvalue weighted by Crippen LogP contribution is 2.29. The number of halogens is 1. The second kappa shape index (κ2) is 3.00. The van der Waals surface area contributed by atoms with Crippen LogP contribution in [-0.2, 0) is 0 Å². The molecule has 4 rings (SSSR count). The molecule has 5 heteroatoms. The zero-order chi connectivity index (χ0) is 10.5. The Balaban J connectivity index is 2.25. The molecule has 78 valence electrons. The van der Waals surface area contributed by atoms with Gasteiger partial charge in [0, 0.05) is 15.0 Å². The van der Waals surface area contributed by atoms with Crippen LogP contribution >= 0.6 is 20.7 Å². The third-order valence-corrected chi connectivity index (χ3v) is 4.18. The second-order valence-corrected chi connectivity index (χ2v) is 5.43. The Kier molecular flexibility index (Phi) is 1.62. The summed E-state index contributed by atoms with van der Waals surface area (Å²) in [5, 5.41) is 1.17. The van der Waals surface area contributed by atoms with Gasteiger partial charge in [-0.25, -0.2) is 9.98 Å². The maximum atomic E-state index is 4.56. The summed E-state index contributed by atoms with van der Waals surface area (Å²) in [6.07, 6.45) is 0. The first-order chi connectivity index (χ1) is 7.93. The molecular weight excluding hydrogens is 315 g/mol. The molecule has 16 heavy (non-hydrogen) atoms. The number of para-hydroxylation sites is 1. The molecule has 3 heterocycles. The van der Waals surface area contributed by atoms with Crippen molar-refractivity contribution in [2.24, 2.45) is 4.99 Å². The third kappa shape index (κ3) is 1.01. The van der Waals surface area contributed by atoms with E-state index < -0.39 is 0 Å². The first-order valence-corrected chi connectivity index (χ1v) is 7.39. The molecule has 0 bridgehead atoms. The lowest BCUT2D eigenvalue weighted by Crippen LogP contribution is -1.95. The van der Waals surface area contributed by atoms with Gasteiger partial charge in [0.25, 0.3) is 0 Å². The van der Waals surface area contributed by atoms with Crippen LogP contribution in [0.1, 0.15) is 0 Å². The summed E-state index contributed by atoms with van der Waals surface area (Å²) in [5.41, 5.74) is 3.22. The predicted octanol–water partition coefficient (Wildman–Crippen LogP) is 2.77. The Labute approximate surface area is 101 Å². The van der Waals surface area contributed by atoms with Gasteiger partial charge in [-0.2, -0.15) is 0 Å². The van der Waals surface area contributed by atoms with Crippen LogP contribution < -0.4 is 0 Å². The van der Waals surface area contributed by atoms with Crippen LogP contribution in [0.25, 0.3) is 22.1 Å². The lowest BCUT2D eigenvalue weighted by atomic mass is 10.2. The second-order valence-electron chi connectivity index (χ2n) is 3.60. The molecule has 0 aliphatic carbocycles. The molecule has 0 spiro atoms. The molecule has 0 saturated carbocycles. The zero-order valence-corrected chi connectivity index (χ0v) is 10.3. The smallest absolute Gasteiger partial charge is 0.236 e. The van der Waals surface area contributed by atoms with Gasteiger partial charge in [-0.15, -0.1) is 0 Å². The fourth-order valence-electron chi connectivity index (χ4n) is 1.99. The Hall–Kier alpha value is -1.50. The topological polar surface area (TPSA) is 46.0 Å². The fraction of sp³-hybridized carbons (Fsp3) is 0. The number of aromatic amines is 1. The van der Waals surface area contributed by atoms with Gasteiger partial charge in [0.2, 0.25) is 5.95 Å². The highest BCUT2D eigenvalue weighted by Gasteiger charge is 2.14. The monoisotopic (exact) mass is 322 g/mol. The third-order valence-electron chi connectivity index (χ3n) is 2.70. The largest absolute Gasteiger partial charge is 0.339 e. The Morgan fingerprint density at radius 1 is 1.25 bits per heavy atom. The van der Waals surface area contributed by atoms with Crippen molar-refractivity contribution in [2.75, 3.05) is 0 Å². The number of hydrogen-bond donors (Lipinski definition) is 1. The number of aliphatic imine (C=N–C) groups is 1. The molecule has 0 radical (unpaired) electrons. The molecule has 0 unspecified atom stereocenters. The summed E-state index contributed by atoms with van der Waals surface area (Å²) in [5.74, 6) is 0.790. The molecule has 2 aromatic heterocycles. The number of rotatable bonds is 0. The van der Waals surface area contributed by atoms with Gasteiger partial charge in [0.05, 0.1) is 4.22 Å². The van der Waals surface area contributed by atoms with Gasteiger partial charge < -0.3 is 4.98 Å². The Morgan fingerprint density at radius 3 is 3.19 bits per heavy atom. The van der Waals surface area contributed by atoms with Crippen LogP contribution in [-0.4, -0.2) is 22.9 Å². The number of imidazole rings is 1. The molecule has 0 atom stereocenters. The van der Waals surface area contributed by atoms with Crippen LogP contribution in [0.5, 0.6) is 0 Å². The van der Waals surface area contributed by atoms with E-state index in [1.165, 1.54) is 5.39 Å².